The van der Waals surface area contributed by atoms with E-state index in [0.29, 0.717) is 22.5 Å². The molecule has 1 aliphatic heterocycles. The van der Waals surface area contributed by atoms with Gasteiger partial charge >= 0.3 is 5.97 Å². The molecular weight excluding hydrogens is 298 g/mol. The molecule has 4 nitrogen and oxygen atoms in total. The van der Waals surface area contributed by atoms with Crippen molar-refractivity contribution in [3.05, 3.63) is 65.7 Å². The van der Waals surface area contributed by atoms with Gasteiger partial charge in [0.25, 0.3) is 5.91 Å². The second-order valence-electron chi connectivity index (χ2n) is 4.73. The second kappa shape index (κ2) is 5.69. The summed E-state index contributed by atoms with van der Waals surface area (Å²) in [5, 5.41) is 9.16. The highest BCUT2D eigenvalue weighted by Gasteiger charge is 2.34. The molecule has 0 saturated carbocycles. The summed E-state index contributed by atoms with van der Waals surface area (Å²) in [5.74, 6) is -1.28. The molecule has 0 bridgehead atoms. The van der Waals surface area contributed by atoms with Crippen LogP contribution in [0.3, 0.4) is 0 Å². The minimum absolute atomic E-state index is 0.204. The van der Waals surface area contributed by atoms with Crippen molar-refractivity contribution in [2.24, 2.45) is 0 Å². The number of carboxylic acids is 1. The Hall–Kier alpha value is -2.53. The molecule has 3 rings (SSSR count). The number of fused-ring (bicyclic) bond motifs is 1. The number of carboxylic acid groups (broad SMARTS) is 1. The minimum atomic E-state index is -1.08. The SMILES string of the molecule is CSc1ccccc1N1C(=O)c2ccccc2/C1=C\C(=O)O. The van der Waals surface area contributed by atoms with Crippen LogP contribution in [0.25, 0.3) is 5.70 Å². The van der Waals surface area contributed by atoms with Crippen LogP contribution >= 0.6 is 11.8 Å². The fourth-order valence-electron chi connectivity index (χ4n) is 2.56. The summed E-state index contributed by atoms with van der Waals surface area (Å²) in [7, 11) is 0. The van der Waals surface area contributed by atoms with Gasteiger partial charge in [0.2, 0.25) is 0 Å². The van der Waals surface area contributed by atoms with Gasteiger partial charge < -0.3 is 5.11 Å². The van der Waals surface area contributed by atoms with Crippen molar-refractivity contribution in [1.29, 1.82) is 0 Å². The van der Waals surface area contributed by atoms with E-state index in [-0.39, 0.29) is 5.91 Å². The number of amides is 1. The maximum atomic E-state index is 12.7. The third kappa shape index (κ3) is 2.29. The van der Waals surface area contributed by atoms with Gasteiger partial charge in [0, 0.05) is 22.1 Å². The number of aliphatic carboxylic acids is 1. The Labute approximate surface area is 132 Å². The van der Waals surface area contributed by atoms with Gasteiger partial charge in [-0.15, -0.1) is 11.8 Å². The maximum absolute atomic E-state index is 12.7. The van der Waals surface area contributed by atoms with Crippen LogP contribution in [0.15, 0.2) is 59.5 Å². The molecule has 0 radical (unpaired) electrons. The first-order chi connectivity index (χ1) is 10.6. The maximum Gasteiger partial charge on any atom is 0.330 e. The van der Waals surface area contributed by atoms with Crippen LogP contribution in [0.2, 0.25) is 0 Å². The number of para-hydroxylation sites is 1. The van der Waals surface area contributed by atoms with E-state index in [1.54, 1.807) is 24.3 Å². The number of rotatable bonds is 3. The lowest BCUT2D eigenvalue weighted by molar-refractivity contribution is -0.131. The number of hydrogen-bond donors (Lipinski definition) is 1. The zero-order chi connectivity index (χ0) is 15.7. The topological polar surface area (TPSA) is 57.6 Å². The van der Waals surface area contributed by atoms with E-state index < -0.39 is 5.97 Å². The molecule has 2 aromatic rings. The van der Waals surface area contributed by atoms with E-state index in [0.717, 1.165) is 11.0 Å². The van der Waals surface area contributed by atoms with E-state index in [4.69, 9.17) is 5.11 Å². The van der Waals surface area contributed by atoms with Crippen molar-refractivity contribution in [3.63, 3.8) is 0 Å². The number of carbonyl (C=O) groups is 2. The van der Waals surface area contributed by atoms with Crippen molar-refractivity contribution in [1.82, 2.24) is 0 Å². The number of carbonyl (C=O) groups excluding carboxylic acids is 1. The lowest BCUT2D eigenvalue weighted by Gasteiger charge is -2.20. The Morgan fingerprint density at radius 1 is 1.09 bits per heavy atom. The third-order valence-electron chi connectivity index (χ3n) is 3.46. The van der Waals surface area contributed by atoms with Crippen LogP contribution in [0.5, 0.6) is 0 Å². The molecule has 110 valence electrons. The molecule has 1 heterocycles. The van der Waals surface area contributed by atoms with Gasteiger partial charge in [-0.1, -0.05) is 30.3 Å². The van der Waals surface area contributed by atoms with E-state index in [1.807, 2.05) is 30.5 Å². The first-order valence-electron chi connectivity index (χ1n) is 6.65. The molecule has 22 heavy (non-hydrogen) atoms. The number of hydrogen-bond acceptors (Lipinski definition) is 3. The Morgan fingerprint density at radius 2 is 1.73 bits per heavy atom. The highest BCUT2D eigenvalue weighted by Crippen LogP contribution is 2.40. The van der Waals surface area contributed by atoms with Crippen LogP contribution in [-0.4, -0.2) is 23.2 Å². The summed E-state index contributed by atoms with van der Waals surface area (Å²) in [4.78, 5) is 26.3. The normalized spacial score (nSPS) is 15.2. The Bertz CT molecular complexity index is 798. The molecule has 0 atom stereocenters. The van der Waals surface area contributed by atoms with Crippen LogP contribution in [0.4, 0.5) is 5.69 Å². The molecule has 0 aromatic heterocycles. The lowest BCUT2D eigenvalue weighted by Crippen LogP contribution is -2.23. The van der Waals surface area contributed by atoms with Crippen LogP contribution in [0, 0.1) is 0 Å². The van der Waals surface area contributed by atoms with E-state index >= 15 is 0 Å². The standard InChI is InChI=1S/C17H13NO3S/c1-22-15-9-5-4-8-13(15)18-14(10-16(19)20)11-6-2-3-7-12(11)17(18)21/h2-10H,1H3,(H,19,20)/b14-10+. The van der Waals surface area contributed by atoms with Gasteiger partial charge in [0.05, 0.1) is 11.4 Å². The van der Waals surface area contributed by atoms with Crippen molar-refractivity contribution in [2.75, 3.05) is 11.2 Å². The fourth-order valence-corrected chi connectivity index (χ4v) is 3.14. The van der Waals surface area contributed by atoms with Crippen LogP contribution in [-0.2, 0) is 4.79 Å². The molecular formula is C17H13NO3S. The average molecular weight is 311 g/mol. The number of anilines is 1. The summed E-state index contributed by atoms with van der Waals surface area (Å²) in [6.45, 7) is 0. The number of thioether (sulfide) groups is 1. The molecule has 0 saturated heterocycles. The summed E-state index contributed by atoms with van der Waals surface area (Å²) >= 11 is 1.52. The molecule has 1 aliphatic rings. The van der Waals surface area contributed by atoms with Gasteiger partial charge in [-0.3, -0.25) is 9.69 Å². The molecule has 2 aromatic carbocycles. The Morgan fingerprint density at radius 3 is 2.41 bits per heavy atom. The monoisotopic (exact) mass is 311 g/mol. The highest BCUT2D eigenvalue weighted by atomic mass is 32.2. The smallest absolute Gasteiger partial charge is 0.330 e. The second-order valence-corrected chi connectivity index (χ2v) is 5.57. The van der Waals surface area contributed by atoms with Crippen LogP contribution in [0.1, 0.15) is 15.9 Å². The largest absolute Gasteiger partial charge is 0.478 e. The molecule has 0 aliphatic carbocycles. The van der Waals surface area contributed by atoms with Crippen molar-refractivity contribution < 1.29 is 14.7 Å². The van der Waals surface area contributed by atoms with Crippen molar-refractivity contribution in [3.8, 4) is 0 Å². The minimum Gasteiger partial charge on any atom is -0.478 e. The fraction of sp³-hybridized carbons (Fsp3) is 0.0588. The number of nitrogens with zero attached hydrogens (tertiary/aromatic N) is 1. The summed E-state index contributed by atoms with van der Waals surface area (Å²) < 4.78 is 0. The first kappa shape index (κ1) is 14.4. The predicted octanol–water partition coefficient (Wildman–Crippen LogP) is 3.49. The van der Waals surface area contributed by atoms with Gasteiger partial charge in [-0.05, 0) is 24.5 Å². The zero-order valence-electron chi connectivity index (χ0n) is 11.8. The lowest BCUT2D eigenvalue weighted by atomic mass is 10.1. The Kier molecular flexibility index (Phi) is 3.73. The average Bonchev–Trinajstić information content (AvgIpc) is 2.80. The quantitative estimate of drug-likeness (QED) is 0.696. The molecule has 0 spiro atoms. The van der Waals surface area contributed by atoms with Gasteiger partial charge in [-0.25, -0.2) is 4.79 Å². The number of benzene rings is 2. The first-order valence-corrected chi connectivity index (χ1v) is 7.87. The summed E-state index contributed by atoms with van der Waals surface area (Å²) in [6.07, 6.45) is 3.01. The Balaban J connectivity index is 2.23. The highest BCUT2D eigenvalue weighted by molar-refractivity contribution is 7.98. The van der Waals surface area contributed by atoms with Crippen molar-refractivity contribution in [2.45, 2.75) is 4.90 Å². The van der Waals surface area contributed by atoms with Gasteiger partial charge in [0.1, 0.15) is 0 Å². The van der Waals surface area contributed by atoms with E-state index in [2.05, 4.69) is 0 Å². The summed E-state index contributed by atoms with van der Waals surface area (Å²) in [5.41, 5.74) is 2.26. The predicted molar refractivity (Wildman–Crippen MR) is 87.1 cm³/mol. The van der Waals surface area contributed by atoms with Crippen molar-refractivity contribution >= 4 is 35.0 Å². The zero-order valence-corrected chi connectivity index (χ0v) is 12.6. The van der Waals surface area contributed by atoms with Gasteiger partial charge in [-0.2, -0.15) is 0 Å². The van der Waals surface area contributed by atoms with E-state index in [9.17, 15) is 9.59 Å². The molecule has 1 N–H and O–H groups in total. The third-order valence-corrected chi connectivity index (χ3v) is 4.25. The summed E-state index contributed by atoms with van der Waals surface area (Å²) in [6, 6.07) is 14.5. The molecule has 0 fully saturated rings. The van der Waals surface area contributed by atoms with E-state index in [1.165, 1.54) is 16.7 Å². The molecule has 5 heteroatoms. The van der Waals surface area contributed by atoms with Gasteiger partial charge in [0.15, 0.2) is 0 Å². The molecule has 1 amide bonds. The van der Waals surface area contributed by atoms with Crippen LogP contribution < -0.4 is 4.90 Å². The molecule has 0 unspecified atom stereocenters.